The Kier molecular flexibility index (Phi) is 5.34. The molecule has 1 aromatic heterocycles. The summed E-state index contributed by atoms with van der Waals surface area (Å²) in [5.74, 6) is 0.147. The average Bonchev–Trinajstić information content (AvgIpc) is 3.28. The van der Waals surface area contributed by atoms with Gasteiger partial charge in [0.05, 0.1) is 28.9 Å². The van der Waals surface area contributed by atoms with Gasteiger partial charge in [0.25, 0.3) is 0 Å². The standard InChI is InChI=1S/C26H24ClFN2O4/c27-20-2-1-3-21(28)23(20)24-19(25(34-29-24)14-4-5-14)13-33-22-11-18-10-16(22)12-30(18)17-8-6-15(7-9-17)26(31)32/h1-3,6-9,14,16,18,22H,4-5,10-13H2,(H,31,32)/t16-,18-,22+/m0/s1. The maximum absolute atomic E-state index is 14.6. The van der Waals surface area contributed by atoms with Crippen LogP contribution in [0.2, 0.25) is 5.02 Å². The number of halogens is 2. The molecule has 1 aliphatic heterocycles. The molecule has 0 amide bonds. The van der Waals surface area contributed by atoms with Crippen LogP contribution in [0.1, 0.15) is 53.3 Å². The number of nitrogens with zero attached hydrogens (tertiary/aromatic N) is 2. The third-order valence-corrected chi connectivity index (χ3v) is 7.65. The van der Waals surface area contributed by atoms with Crippen LogP contribution in [0.4, 0.5) is 10.1 Å². The molecular weight excluding hydrogens is 459 g/mol. The molecule has 1 saturated heterocycles. The second-order valence-electron chi connectivity index (χ2n) is 9.48. The Labute approximate surface area is 201 Å². The van der Waals surface area contributed by atoms with Crippen molar-refractivity contribution in [2.75, 3.05) is 11.4 Å². The highest BCUT2D eigenvalue weighted by molar-refractivity contribution is 6.33. The molecule has 0 spiro atoms. The third-order valence-electron chi connectivity index (χ3n) is 7.33. The average molecular weight is 483 g/mol. The Morgan fingerprint density at radius 1 is 1.21 bits per heavy atom. The van der Waals surface area contributed by atoms with Gasteiger partial charge in [0.15, 0.2) is 0 Å². The molecule has 1 N–H and O–H groups in total. The topological polar surface area (TPSA) is 75.8 Å². The van der Waals surface area contributed by atoms with Crippen LogP contribution in [0, 0.1) is 11.7 Å². The molecule has 3 atom stereocenters. The SMILES string of the molecule is O=C(O)c1ccc(N2C[C@@H]3C[C@H]2C[C@H]3OCc2c(-c3c(F)cccc3Cl)noc2C2CC2)cc1. The smallest absolute Gasteiger partial charge is 0.335 e. The van der Waals surface area contributed by atoms with Gasteiger partial charge in [-0.15, -0.1) is 0 Å². The highest BCUT2D eigenvalue weighted by Gasteiger charge is 2.45. The molecule has 0 unspecified atom stereocenters. The van der Waals surface area contributed by atoms with Gasteiger partial charge in [0.1, 0.15) is 17.3 Å². The van der Waals surface area contributed by atoms with E-state index in [4.69, 9.17) is 26.0 Å². The van der Waals surface area contributed by atoms with Crippen LogP contribution < -0.4 is 4.90 Å². The molecule has 3 fully saturated rings. The fraction of sp³-hybridized carbons (Fsp3) is 0.385. The molecule has 8 heteroatoms. The van der Waals surface area contributed by atoms with Gasteiger partial charge in [-0.25, -0.2) is 9.18 Å². The Bertz CT molecular complexity index is 1220. The monoisotopic (exact) mass is 482 g/mol. The van der Waals surface area contributed by atoms with E-state index in [1.165, 1.54) is 6.07 Å². The molecule has 2 aliphatic carbocycles. The van der Waals surface area contributed by atoms with Crippen molar-refractivity contribution in [1.29, 1.82) is 0 Å². The fourth-order valence-electron chi connectivity index (χ4n) is 5.46. The highest BCUT2D eigenvalue weighted by Crippen LogP contribution is 2.47. The zero-order valence-corrected chi connectivity index (χ0v) is 19.2. The summed E-state index contributed by atoms with van der Waals surface area (Å²) in [7, 11) is 0. The number of fused-ring (bicyclic) bond motifs is 2. The van der Waals surface area contributed by atoms with Gasteiger partial charge in [-0.3, -0.25) is 0 Å². The number of piperidine rings is 1. The molecule has 2 bridgehead atoms. The molecule has 176 valence electrons. The quantitative estimate of drug-likeness (QED) is 0.452. The number of rotatable bonds is 7. The van der Waals surface area contributed by atoms with E-state index >= 15 is 0 Å². The second kappa shape index (κ2) is 8.40. The van der Waals surface area contributed by atoms with Crippen LogP contribution in [0.25, 0.3) is 11.3 Å². The van der Waals surface area contributed by atoms with Crippen molar-refractivity contribution in [2.45, 2.75) is 50.4 Å². The summed E-state index contributed by atoms with van der Waals surface area (Å²) in [6.45, 7) is 1.18. The third kappa shape index (κ3) is 3.77. The summed E-state index contributed by atoms with van der Waals surface area (Å²) in [5, 5.41) is 13.6. The zero-order chi connectivity index (χ0) is 23.4. The Balaban J connectivity index is 1.17. The minimum absolute atomic E-state index is 0.102. The predicted octanol–water partition coefficient (Wildman–Crippen LogP) is 5.89. The number of hydrogen-bond donors (Lipinski definition) is 1. The van der Waals surface area contributed by atoms with E-state index in [1.807, 2.05) is 12.1 Å². The molecule has 2 heterocycles. The summed E-state index contributed by atoms with van der Waals surface area (Å²) >= 11 is 6.32. The number of ether oxygens (including phenoxy) is 1. The molecule has 6 rings (SSSR count). The van der Waals surface area contributed by atoms with E-state index in [9.17, 15) is 9.18 Å². The molecule has 34 heavy (non-hydrogen) atoms. The molecule has 3 aliphatic rings. The van der Waals surface area contributed by atoms with Crippen molar-refractivity contribution in [1.82, 2.24) is 5.16 Å². The number of hydrogen-bond acceptors (Lipinski definition) is 5. The largest absolute Gasteiger partial charge is 0.478 e. The highest BCUT2D eigenvalue weighted by atomic mass is 35.5. The number of carbonyl (C=O) groups is 1. The van der Waals surface area contributed by atoms with Crippen LogP contribution in [-0.4, -0.2) is 34.9 Å². The van der Waals surface area contributed by atoms with Crippen molar-refractivity contribution in [2.24, 2.45) is 5.92 Å². The number of aromatic carboxylic acids is 1. The maximum Gasteiger partial charge on any atom is 0.335 e. The Morgan fingerprint density at radius 2 is 2.00 bits per heavy atom. The van der Waals surface area contributed by atoms with Crippen molar-refractivity contribution in [3.63, 3.8) is 0 Å². The number of carboxylic acid groups (broad SMARTS) is 1. The first-order chi connectivity index (χ1) is 16.5. The first-order valence-electron chi connectivity index (χ1n) is 11.6. The summed E-state index contributed by atoms with van der Waals surface area (Å²) in [6, 6.07) is 12.0. The van der Waals surface area contributed by atoms with Gasteiger partial charge < -0.3 is 19.3 Å². The van der Waals surface area contributed by atoms with Crippen LogP contribution in [0.3, 0.4) is 0 Å². The molecule has 2 aromatic carbocycles. The summed E-state index contributed by atoms with van der Waals surface area (Å²) in [6.07, 6.45) is 4.11. The van der Waals surface area contributed by atoms with Gasteiger partial charge in [-0.1, -0.05) is 22.8 Å². The predicted molar refractivity (Wildman–Crippen MR) is 125 cm³/mol. The van der Waals surface area contributed by atoms with Crippen molar-refractivity contribution in [3.8, 4) is 11.3 Å². The Hall–Kier alpha value is -2.90. The second-order valence-corrected chi connectivity index (χ2v) is 9.89. The number of anilines is 1. The lowest BCUT2D eigenvalue weighted by atomic mass is 10.0. The lowest BCUT2D eigenvalue weighted by Gasteiger charge is -2.33. The van der Waals surface area contributed by atoms with E-state index in [0.29, 0.717) is 40.8 Å². The maximum atomic E-state index is 14.6. The fourth-order valence-corrected chi connectivity index (χ4v) is 5.71. The minimum Gasteiger partial charge on any atom is -0.478 e. The summed E-state index contributed by atoms with van der Waals surface area (Å²) < 4.78 is 26.7. The van der Waals surface area contributed by atoms with Crippen molar-refractivity contribution in [3.05, 3.63) is 70.2 Å². The van der Waals surface area contributed by atoms with Crippen molar-refractivity contribution >= 4 is 23.3 Å². The van der Waals surface area contributed by atoms with Crippen LogP contribution in [0.5, 0.6) is 0 Å². The lowest BCUT2D eigenvalue weighted by molar-refractivity contribution is 0.0122. The number of benzene rings is 2. The molecule has 2 saturated carbocycles. The van der Waals surface area contributed by atoms with Gasteiger partial charge >= 0.3 is 5.97 Å². The number of carboxylic acids is 1. The van der Waals surface area contributed by atoms with Gasteiger partial charge in [-0.2, -0.15) is 0 Å². The summed E-state index contributed by atoms with van der Waals surface area (Å²) in [4.78, 5) is 13.5. The van der Waals surface area contributed by atoms with E-state index < -0.39 is 11.8 Å². The van der Waals surface area contributed by atoms with E-state index in [0.717, 1.165) is 49.2 Å². The van der Waals surface area contributed by atoms with Crippen LogP contribution in [-0.2, 0) is 11.3 Å². The Morgan fingerprint density at radius 3 is 2.65 bits per heavy atom. The zero-order valence-electron chi connectivity index (χ0n) is 18.4. The summed E-state index contributed by atoms with van der Waals surface area (Å²) in [5.41, 5.74) is 2.84. The van der Waals surface area contributed by atoms with Gasteiger partial charge in [-0.05, 0) is 62.1 Å². The van der Waals surface area contributed by atoms with Crippen molar-refractivity contribution < 1.29 is 23.6 Å². The number of aromatic nitrogens is 1. The van der Waals surface area contributed by atoms with Gasteiger partial charge in [0.2, 0.25) is 0 Å². The van der Waals surface area contributed by atoms with Gasteiger partial charge in [0, 0.05) is 35.7 Å². The minimum atomic E-state index is -0.918. The first kappa shape index (κ1) is 21.6. The molecular formula is C26H24ClFN2O4. The van der Waals surface area contributed by atoms with E-state index in [2.05, 4.69) is 10.1 Å². The molecule has 3 aromatic rings. The van der Waals surface area contributed by atoms with E-state index in [-0.39, 0.29) is 11.7 Å². The van der Waals surface area contributed by atoms with E-state index in [1.54, 1.807) is 24.3 Å². The van der Waals surface area contributed by atoms with Crippen LogP contribution >= 0.6 is 11.6 Å². The van der Waals surface area contributed by atoms with Crippen LogP contribution in [0.15, 0.2) is 47.0 Å². The molecule has 0 radical (unpaired) electrons. The lowest BCUT2D eigenvalue weighted by Crippen LogP contribution is -2.38. The first-order valence-corrected chi connectivity index (χ1v) is 12.0. The normalized spacial score (nSPS) is 23.6. The molecule has 6 nitrogen and oxygen atoms in total.